The summed E-state index contributed by atoms with van der Waals surface area (Å²) < 4.78 is 4.78. The standard InChI is InChI=1S/C18H28N2O4/c1-4-8-18(23,9-5-2)13-16(21)20-15(17(22)24-3)12-14-6-10-19-11-7-14/h6-7,10-11,15,23H,4-5,8-9,12-13H2,1-3H3,(H,20,21). The summed E-state index contributed by atoms with van der Waals surface area (Å²) in [7, 11) is 1.29. The normalized spacial score (nSPS) is 12.5. The third kappa shape index (κ3) is 6.66. The molecule has 134 valence electrons. The fourth-order valence-electron chi connectivity index (χ4n) is 2.87. The Labute approximate surface area is 143 Å². The lowest BCUT2D eigenvalue weighted by molar-refractivity contribution is -0.145. The second-order valence-electron chi connectivity index (χ2n) is 6.10. The monoisotopic (exact) mass is 336 g/mol. The number of nitrogens with one attached hydrogen (secondary N) is 1. The van der Waals surface area contributed by atoms with Crippen LogP contribution in [0.15, 0.2) is 24.5 Å². The smallest absolute Gasteiger partial charge is 0.328 e. The Bertz CT molecular complexity index is 513. The van der Waals surface area contributed by atoms with Gasteiger partial charge in [0.25, 0.3) is 0 Å². The van der Waals surface area contributed by atoms with Gasteiger partial charge < -0.3 is 15.2 Å². The molecule has 0 aliphatic carbocycles. The number of hydrogen-bond donors (Lipinski definition) is 2. The van der Waals surface area contributed by atoms with E-state index in [1.165, 1.54) is 7.11 Å². The minimum absolute atomic E-state index is 0.0154. The molecule has 0 spiro atoms. The van der Waals surface area contributed by atoms with E-state index in [2.05, 4.69) is 10.3 Å². The minimum atomic E-state index is -1.02. The molecule has 1 aromatic rings. The molecule has 0 fully saturated rings. The van der Waals surface area contributed by atoms with Crippen LogP contribution in [0.1, 0.15) is 51.5 Å². The highest BCUT2D eigenvalue weighted by atomic mass is 16.5. The predicted octanol–water partition coefficient (Wildman–Crippen LogP) is 2.00. The molecule has 1 rings (SSSR count). The molecule has 0 bridgehead atoms. The fourth-order valence-corrected chi connectivity index (χ4v) is 2.87. The van der Waals surface area contributed by atoms with Gasteiger partial charge in [0.1, 0.15) is 6.04 Å². The van der Waals surface area contributed by atoms with Crippen LogP contribution in [-0.4, -0.2) is 40.7 Å². The van der Waals surface area contributed by atoms with Crippen LogP contribution < -0.4 is 5.32 Å². The molecule has 0 saturated heterocycles. The fraction of sp³-hybridized carbons (Fsp3) is 0.611. The summed E-state index contributed by atoms with van der Waals surface area (Å²) in [5.74, 6) is -0.849. The first-order chi connectivity index (χ1) is 11.4. The lowest BCUT2D eigenvalue weighted by atomic mass is 9.89. The van der Waals surface area contributed by atoms with Gasteiger partial charge in [0, 0.05) is 18.8 Å². The highest BCUT2D eigenvalue weighted by Gasteiger charge is 2.30. The van der Waals surface area contributed by atoms with Crippen molar-refractivity contribution in [3.8, 4) is 0 Å². The van der Waals surface area contributed by atoms with E-state index in [0.29, 0.717) is 19.3 Å². The van der Waals surface area contributed by atoms with Crippen LogP contribution in [0.5, 0.6) is 0 Å². The summed E-state index contributed by atoms with van der Waals surface area (Å²) in [5, 5.41) is 13.3. The van der Waals surface area contributed by atoms with Crippen molar-refractivity contribution in [2.24, 2.45) is 0 Å². The van der Waals surface area contributed by atoms with Crippen LogP contribution in [0.2, 0.25) is 0 Å². The maximum absolute atomic E-state index is 12.3. The Balaban J connectivity index is 2.75. The molecule has 1 amide bonds. The predicted molar refractivity (Wildman–Crippen MR) is 91.3 cm³/mol. The summed E-state index contributed by atoms with van der Waals surface area (Å²) in [6.45, 7) is 3.94. The number of aromatic nitrogens is 1. The number of aliphatic hydroxyl groups is 1. The highest BCUT2D eigenvalue weighted by molar-refractivity contribution is 5.85. The lowest BCUT2D eigenvalue weighted by Gasteiger charge is -2.27. The molecule has 6 nitrogen and oxygen atoms in total. The average Bonchev–Trinajstić information content (AvgIpc) is 2.54. The molecule has 0 aliphatic rings. The molecule has 0 aromatic carbocycles. The van der Waals surface area contributed by atoms with Gasteiger partial charge in [-0.25, -0.2) is 4.79 Å². The van der Waals surface area contributed by atoms with Crippen molar-refractivity contribution in [2.75, 3.05) is 7.11 Å². The number of esters is 1. The number of carbonyl (C=O) groups is 2. The number of methoxy groups -OCH3 is 1. The number of amides is 1. The maximum Gasteiger partial charge on any atom is 0.328 e. The summed E-state index contributed by atoms with van der Waals surface area (Å²) in [5.41, 5.74) is -0.150. The zero-order valence-corrected chi connectivity index (χ0v) is 14.7. The lowest BCUT2D eigenvalue weighted by Crippen LogP contribution is -2.46. The van der Waals surface area contributed by atoms with Crippen LogP contribution in [-0.2, 0) is 20.7 Å². The van der Waals surface area contributed by atoms with E-state index in [4.69, 9.17) is 4.74 Å². The third-order valence-corrected chi connectivity index (χ3v) is 3.93. The molecule has 1 heterocycles. The van der Waals surface area contributed by atoms with Crippen LogP contribution in [0, 0.1) is 0 Å². The first-order valence-corrected chi connectivity index (χ1v) is 8.42. The quantitative estimate of drug-likeness (QED) is 0.638. The topological polar surface area (TPSA) is 88.5 Å². The van der Waals surface area contributed by atoms with Gasteiger partial charge in [0.2, 0.25) is 5.91 Å². The Hall–Kier alpha value is -1.95. The summed E-state index contributed by atoms with van der Waals surface area (Å²) in [4.78, 5) is 28.2. The van der Waals surface area contributed by atoms with Crippen molar-refractivity contribution in [1.82, 2.24) is 10.3 Å². The van der Waals surface area contributed by atoms with E-state index in [-0.39, 0.29) is 12.3 Å². The molecule has 0 aliphatic heterocycles. The Kier molecular flexibility index (Phi) is 8.40. The van der Waals surface area contributed by atoms with Gasteiger partial charge >= 0.3 is 5.97 Å². The first-order valence-electron chi connectivity index (χ1n) is 8.42. The van der Waals surface area contributed by atoms with Gasteiger partial charge in [-0.15, -0.1) is 0 Å². The second kappa shape index (κ2) is 10.0. The number of nitrogens with zero attached hydrogens (tertiary/aromatic N) is 1. The van der Waals surface area contributed by atoms with Crippen LogP contribution in [0.25, 0.3) is 0 Å². The van der Waals surface area contributed by atoms with Crippen molar-refractivity contribution in [1.29, 1.82) is 0 Å². The Morgan fingerprint density at radius 2 is 1.83 bits per heavy atom. The molecule has 24 heavy (non-hydrogen) atoms. The SMILES string of the molecule is CCCC(O)(CCC)CC(=O)NC(Cc1ccncc1)C(=O)OC. The van der Waals surface area contributed by atoms with Crippen molar-refractivity contribution >= 4 is 11.9 Å². The maximum atomic E-state index is 12.3. The molecular weight excluding hydrogens is 308 g/mol. The largest absolute Gasteiger partial charge is 0.467 e. The third-order valence-electron chi connectivity index (χ3n) is 3.93. The van der Waals surface area contributed by atoms with Crippen molar-refractivity contribution < 1.29 is 19.4 Å². The zero-order valence-electron chi connectivity index (χ0n) is 14.7. The first kappa shape index (κ1) is 20.1. The van der Waals surface area contributed by atoms with E-state index in [9.17, 15) is 14.7 Å². The molecule has 1 atom stereocenters. The van der Waals surface area contributed by atoms with Crippen LogP contribution in [0.4, 0.5) is 0 Å². The van der Waals surface area contributed by atoms with E-state index < -0.39 is 17.6 Å². The minimum Gasteiger partial charge on any atom is -0.467 e. The van der Waals surface area contributed by atoms with Gasteiger partial charge in [-0.2, -0.15) is 0 Å². The van der Waals surface area contributed by atoms with E-state index >= 15 is 0 Å². The van der Waals surface area contributed by atoms with Gasteiger partial charge in [0.15, 0.2) is 0 Å². The number of rotatable bonds is 10. The molecular formula is C18H28N2O4. The second-order valence-corrected chi connectivity index (χ2v) is 6.10. The van der Waals surface area contributed by atoms with Gasteiger partial charge in [-0.05, 0) is 30.5 Å². The molecule has 2 N–H and O–H groups in total. The summed E-state index contributed by atoms with van der Waals surface area (Å²) in [6.07, 6.45) is 6.27. The Morgan fingerprint density at radius 3 is 2.33 bits per heavy atom. The number of carbonyl (C=O) groups excluding carboxylic acids is 2. The van der Waals surface area contributed by atoms with Crippen LogP contribution in [0.3, 0.4) is 0 Å². The van der Waals surface area contributed by atoms with E-state index in [0.717, 1.165) is 18.4 Å². The van der Waals surface area contributed by atoms with Crippen LogP contribution >= 0.6 is 0 Å². The van der Waals surface area contributed by atoms with Crippen molar-refractivity contribution in [3.05, 3.63) is 30.1 Å². The number of pyridine rings is 1. The van der Waals surface area contributed by atoms with E-state index in [1.54, 1.807) is 24.5 Å². The molecule has 1 unspecified atom stereocenters. The van der Waals surface area contributed by atoms with Gasteiger partial charge in [0.05, 0.1) is 19.1 Å². The zero-order chi connectivity index (χ0) is 18.0. The average molecular weight is 336 g/mol. The van der Waals surface area contributed by atoms with Gasteiger partial charge in [-0.3, -0.25) is 9.78 Å². The summed E-state index contributed by atoms with van der Waals surface area (Å²) >= 11 is 0. The van der Waals surface area contributed by atoms with E-state index in [1.807, 2.05) is 13.8 Å². The highest BCUT2D eigenvalue weighted by Crippen LogP contribution is 2.23. The molecule has 1 aromatic heterocycles. The molecule has 0 radical (unpaired) electrons. The molecule has 0 saturated carbocycles. The van der Waals surface area contributed by atoms with Gasteiger partial charge in [-0.1, -0.05) is 26.7 Å². The van der Waals surface area contributed by atoms with Crippen molar-refractivity contribution in [2.45, 2.75) is 64.0 Å². The molecule has 6 heteroatoms. The van der Waals surface area contributed by atoms with Crippen molar-refractivity contribution in [3.63, 3.8) is 0 Å². The number of ether oxygens (including phenoxy) is 1. The number of hydrogen-bond acceptors (Lipinski definition) is 5. The Morgan fingerprint density at radius 1 is 1.25 bits per heavy atom. The summed E-state index contributed by atoms with van der Waals surface area (Å²) in [6, 6.07) is 2.79.